The van der Waals surface area contributed by atoms with Crippen molar-refractivity contribution in [3.63, 3.8) is 0 Å². The molecule has 1 rings (SSSR count). The van der Waals surface area contributed by atoms with Crippen molar-refractivity contribution in [3.8, 4) is 0 Å². The van der Waals surface area contributed by atoms with Crippen LogP contribution in [-0.4, -0.2) is 35.6 Å². The van der Waals surface area contributed by atoms with Gasteiger partial charge in [0.15, 0.2) is 0 Å². The van der Waals surface area contributed by atoms with E-state index in [0.717, 1.165) is 12.8 Å². The number of anilines is 1. The van der Waals surface area contributed by atoms with Crippen molar-refractivity contribution in [2.24, 2.45) is 0 Å². The molecule has 0 fully saturated rings. The molecule has 0 aliphatic heterocycles. The largest absolute Gasteiger partial charge is 0.478 e. The number of halogens is 1. The Morgan fingerprint density at radius 2 is 2.05 bits per heavy atom. The minimum Gasteiger partial charge on any atom is -0.478 e. The molecule has 0 aromatic heterocycles. The number of nitrogens with zero attached hydrogens (tertiary/aromatic N) is 1. The van der Waals surface area contributed by atoms with Crippen LogP contribution in [0.4, 0.5) is 10.5 Å². The monoisotopic (exact) mass is 328 g/mol. The molecule has 0 radical (unpaired) electrons. The number of hydrogen-bond donors (Lipinski definition) is 2. The van der Waals surface area contributed by atoms with Gasteiger partial charge < -0.3 is 15.3 Å². The van der Waals surface area contributed by atoms with Gasteiger partial charge in [0.1, 0.15) is 0 Å². The van der Waals surface area contributed by atoms with Gasteiger partial charge in [-0.1, -0.05) is 29.3 Å². The fourth-order valence-corrected chi connectivity index (χ4v) is 1.99. The molecule has 1 aromatic rings. The van der Waals surface area contributed by atoms with E-state index in [-0.39, 0.29) is 11.6 Å². The van der Waals surface area contributed by atoms with Gasteiger partial charge in [0.2, 0.25) is 0 Å². The van der Waals surface area contributed by atoms with Crippen molar-refractivity contribution in [1.82, 2.24) is 4.90 Å². The van der Waals surface area contributed by atoms with Crippen molar-refractivity contribution >= 4 is 33.6 Å². The molecule has 0 atom stereocenters. The van der Waals surface area contributed by atoms with Gasteiger partial charge in [-0.05, 0) is 24.6 Å². The lowest BCUT2D eigenvalue weighted by atomic mass is 10.2. The number of urea groups is 1. The van der Waals surface area contributed by atoms with E-state index >= 15 is 0 Å². The highest BCUT2D eigenvalue weighted by Crippen LogP contribution is 2.20. The number of carbonyl (C=O) groups excluding carboxylic acids is 1. The quantitative estimate of drug-likeness (QED) is 0.870. The predicted octanol–water partition coefficient (Wildman–Crippen LogP) is 3.41. The van der Waals surface area contributed by atoms with Crippen LogP contribution in [0.5, 0.6) is 0 Å². The molecular weight excluding hydrogens is 312 g/mol. The Morgan fingerprint density at radius 1 is 1.37 bits per heavy atom. The maximum Gasteiger partial charge on any atom is 0.335 e. The van der Waals surface area contributed by atoms with E-state index in [1.54, 1.807) is 18.0 Å². The molecule has 19 heavy (non-hydrogen) atoms. The van der Waals surface area contributed by atoms with E-state index in [9.17, 15) is 9.59 Å². The van der Waals surface area contributed by atoms with Crippen LogP contribution in [0, 0.1) is 0 Å². The smallest absolute Gasteiger partial charge is 0.335 e. The summed E-state index contributed by atoms with van der Waals surface area (Å²) < 4.78 is 0.610. The molecular formula is C13H17BrN2O3. The summed E-state index contributed by atoms with van der Waals surface area (Å²) in [5.41, 5.74) is 0.584. The highest BCUT2D eigenvalue weighted by Gasteiger charge is 2.11. The average Bonchev–Trinajstić information content (AvgIpc) is 2.34. The average molecular weight is 329 g/mol. The number of carboxylic acids is 1. The van der Waals surface area contributed by atoms with Crippen molar-refractivity contribution < 1.29 is 14.7 Å². The predicted molar refractivity (Wildman–Crippen MR) is 77.7 cm³/mol. The first-order valence-corrected chi connectivity index (χ1v) is 6.79. The van der Waals surface area contributed by atoms with Crippen LogP contribution < -0.4 is 5.32 Å². The third-order valence-electron chi connectivity index (χ3n) is 2.59. The number of hydrogen-bond acceptors (Lipinski definition) is 2. The molecule has 2 N–H and O–H groups in total. The third-order valence-corrected chi connectivity index (χ3v) is 3.05. The van der Waals surface area contributed by atoms with Crippen LogP contribution in [0.25, 0.3) is 0 Å². The number of benzene rings is 1. The van der Waals surface area contributed by atoms with Crippen LogP contribution in [0.3, 0.4) is 0 Å². The molecule has 0 heterocycles. The Kier molecular flexibility index (Phi) is 5.82. The number of unbranched alkanes of at least 4 members (excludes halogenated alkanes) is 1. The highest BCUT2D eigenvalue weighted by molar-refractivity contribution is 9.10. The second kappa shape index (κ2) is 7.13. The van der Waals surface area contributed by atoms with Crippen LogP contribution in [-0.2, 0) is 0 Å². The summed E-state index contributed by atoms with van der Waals surface area (Å²) in [6.45, 7) is 2.72. The molecule has 0 bridgehead atoms. The zero-order valence-corrected chi connectivity index (χ0v) is 12.5. The number of carbonyl (C=O) groups is 2. The molecule has 6 heteroatoms. The Bertz CT molecular complexity index is 477. The van der Waals surface area contributed by atoms with Crippen LogP contribution in [0.15, 0.2) is 22.7 Å². The van der Waals surface area contributed by atoms with Gasteiger partial charge in [0.25, 0.3) is 0 Å². The fraction of sp³-hybridized carbons (Fsp3) is 0.385. The van der Waals surface area contributed by atoms with Gasteiger partial charge in [-0.25, -0.2) is 9.59 Å². The summed E-state index contributed by atoms with van der Waals surface area (Å²) in [5, 5.41) is 11.6. The van der Waals surface area contributed by atoms with Gasteiger partial charge in [-0.2, -0.15) is 0 Å². The van der Waals surface area contributed by atoms with Crippen LogP contribution in [0.2, 0.25) is 0 Å². The molecule has 0 spiro atoms. The second-order valence-electron chi connectivity index (χ2n) is 4.24. The van der Waals surface area contributed by atoms with Crippen molar-refractivity contribution in [1.29, 1.82) is 0 Å². The lowest BCUT2D eigenvalue weighted by Crippen LogP contribution is -2.32. The zero-order chi connectivity index (χ0) is 14.4. The standard InChI is InChI=1S/C13H17BrN2O3/c1-3-4-5-16(2)13(19)15-11-7-9(12(17)18)6-10(14)8-11/h6-8H,3-5H2,1-2H3,(H,15,19)(H,17,18). The molecule has 0 saturated carbocycles. The van der Waals surface area contributed by atoms with Gasteiger partial charge in [0.05, 0.1) is 5.56 Å². The van der Waals surface area contributed by atoms with E-state index in [1.165, 1.54) is 12.1 Å². The molecule has 2 amide bonds. The number of rotatable bonds is 5. The van der Waals surface area contributed by atoms with E-state index in [0.29, 0.717) is 16.7 Å². The maximum absolute atomic E-state index is 11.9. The number of nitrogens with one attached hydrogen (secondary N) is 1. The molecule has 104 valence electrons. The first-order chi connectivity index (χ1) is 8.93. The summed E-state index contributed by atoms with van der Waals surface area (Å²) in [7, 11) is 1.71. The summed E-state index contributed by atoms with van der Waals surface area (Å²) in [4.78, 5) is 24.4. The van der Waals surface area contributed by atoms with Crippen molar-refractivity contribution in [2.75, 3.05) is 18.9 Å². The van der Waals surface area contributed by atoms with Gasteiger partial charge in [-0.3, -0.25) is 0 Å². The SMILES string of the molecule is CCCCN(C)C(=O)Nc1cc(Br)cc(C(=O)O)c1. The van der Waals surface area contributed by atoms with E-state index in [2.05, 4.69) is 28.2 Å². The fourth-order valence-electron chi connectivity index (χ4n) is 1.50. The lowest BCUT2D eigenvalue weighted by molar-refractivity contribution is 0.0697. The number of aromatic carboxylic acids is 1. The zero-order valence-electron chi connectivity index (χ0n) is 10.9. The molecule has 0 saturated heterocycles. The van der Waals surface area contributed by atoms with Gasteiger partial charge in [0, 0.05) is 23.8 Å². The highest BCUT2D eigenvalue weighted by atomic mass is 79.9. The van der Waals surface area contributed by atoms with E-state index in [4.69, 9.17) is 5.11 Å². The number of carboxylic acid groups (broad SMARTS) is 1. The number of amides is 2. The van der Waals surface area contributed by atoms with Crippen LogP contribution in [0.1, 0.15) is 30.1 Å². The molecule has 0 unspecified atom stereocenters. The van der Waals surface area contributed by atoms with Crippen LogP contribution >= 0.6 is 15.9 Å². The molecule has 0 aliphatic carbocycles. The Labute approximate surface area is 120 Å². The molecule has 1 aromatic carbocycles. The Morgan fingerprint density at radius 3 is 2.63 bits per heavy atom. The van der Waals surface area contributed by atoms with Crippen molar-refractivity contribution in [3.05, 3.63) is 28.2 Å². The van der Waals surface area contributed by atoms with E-state index < -0.39 is 5.97 Å². The van der Waals surface area contributed by atoms with E-state index in [1.807, 2.05) is 0 Å². The first kappa shape index (κ1) is 15.5. The summed E-state index contributed by atoms with van der Waals surface area (Å²) >= 11 is 3.22. The normalized spacial score (nSPS) is 10.1. The minimum atomic E-state index is -1.03. The lowest BCUT2D eigenvalue weighted by Gasteiger charge is -2.17. The van der Waals surface area contributed by atoms with Gasteiger partial charge in [-0.15, -0.1) is 0 Å². The Hall–Kier alpha value is -1.56. The Balaban J connectivity index is 2.76. The minimum absolute atomic E-state index is 0.126. The first-order valence-electron chi connectivity index (χ1n) is 6.00. The molecule has 0 aliphatic rings. The van der Waals surface area contributed by atoms with Crippen molar-refractivity contribution in [2.45, 2.75) is 19.8 Å². The molecule has 5 nitrogen and oxygen atoms in total. The summed E-state index contributed by atoms with van der Waals surface area (Å²) in [5.74, 6) is -1.03. The summed E-state index contributed by atoms with van der Waals surface area (Å²) in [6, 6.07) is 4.33. The maximum atomic E-state index is 11.9. The third kappa shape index (κ3) is 4.90. The van der Waals surface area contributed by atoms with Gasteiger partial charge >= 0.3 is 12.0 Å². The second-order valence-corrected chi connectivity index (χ2v) is 5.15. The topological polar surface area (TPSA) is 69.6 Å². The summed E-state index contributed by atoms with van der Waals surface area (Å²) in [6.07, 6.45) is 1.94.